The molecule has 0 aromatic heterocycles. The molecule has 1 unspecified atom stereocenters. The van der Waals surface area contributed by atoms with Gasteiger partial charge >= 0.3 is 11.9 Å². The molecule has 1 aromatic carbocycles. The molecule has 0 fully saturated rings. The number of methoxy groups -OCH3 is 1. The molecule has 0 N–H and O–H groups in total. The molecule has 0 heterocycles. The Morgan fingerprint density at radius 1 is 1.18 bits per heavy atom. The molecular formula is C18H24O4. The van der Waals surface area contributed by atoms with E-state index < -0.39 is 23.0 Å². The minimum absolute atomic E-state index is 0.0903. The molecule has 4 nitrogen and oxygen atoms in total. The van der Waals surface area contributed by atoms with E-state index >= 15 is 0 Å². The van der Waals surface area contributed by atoms with Crippen molar-refractivity contribution in [3.8, 4) is 0 Å². The molecule has 0 aliphatic rings. The fourth-order valence-electron chi connectivity index (χ4n) is 2.39. The molecule has 0 bridgehead atoms. The van der Waals surface area contributed by atoms with Gasteiger partial charge in [0.25, 0.3) is 0 Å². The summed E-state index contributed by atoms with van der Waals surface area (Å²) in [4.78, 5) is 24.7. The first-order valence-electron chi connectivity index (χ1n) is 7.22. The van der Waals surface area contributed by atoms with Crippen molar-refractivity contribution in [3.05, 3.63) is 48.6 Å². The molecule has 0 saturated carbocycles. The smallest absolute Gasteiger partial charge is 0.317 e. The van der Waals surface area contributed by atoms with E-state index in [1.807, 2.05) is 30.3 Å². The zero-order valence-electron chi connectivity index (χ0n) is 13.7. The van der Waals surface area contributed by atoms with Gasteiger partial charge in [-0.15, -0.1) is 6.58 Å². The average molecular weight is 304 g/mol. The third-order valence-corrected chi connectivity index (χ3v) is 3.26. The highest BCUT2D eigenvalue weighted by Crippen LogP contribution is 2.34. The van der Waals surface area contributed by atoms with Gasteiger partial charge in [0.15, 0.2) is 0 Å². The SMILES string of the molecule is C=CCC(CC(=O)OC(C)(C)C)(C(=O)OC)c1ccccc1. The van der Waals surface area contributed by atoms with Crippen molar-refractivity contribution >= 4 is 11.9 Å². The Balaban J connectivity index is 3.23. The summed E-state index contributed by atoms with van der Waals surface area (Å²) in [5.74, 6) is -0.909. The lowest BCUT2D eigenvalue weighted by Gasteiger charge is -2.31. The maximum absolute atomic E-state index is 12.4. The van der Waals surface area contributed by atoms with Crippen LogP contribution in [0.25, 0.3) is 0 Å². The molecule has 22 heavy (non-hydrogen) atoms. The van der Waals surface area contributed by atoms with Crippen LogP contribution in [0.2, 0.25) is 0 Å². The van der Waals surface area contributed by atoms with Crippen molar-refractivity contribution < 1.29 is 19.1 Å². The van der Waals surface area contributed by atoms with Crippen LogP contribution in [0.1, 0.15) is 39.2 Å². The summed E-state index contributed by atoms with van der Waals surface area (Å²) in [6, 6.07) is 9.12. The van der Waals surface area contributed by atoms with E-state index in [9.17, 15) is 9.59 Å². The molecule has 1 atom stereocenters. The first-order valence-corrected chi connectivity index (χ1v) is 7.22. The average Bonchev–Trinajstić information content (AvgIpc) is 2.44. The maximum Gasteiger partial charge on any atom is 0.317 e. The van der Waals surface area contributed by atoms with E-state index in [4.69, 9.17) is 9.47 Å². The largest absolute Gasteiger partial charge is 0.468 e. The van der Waals surface area contributed by atoms with E-state index in [1.165, 1.54) is 7.11 Å². The first-order chi connectivity index (χ1) is 10.2. The van der Waals surface area contributed by atoms with Gasteiger partial charge in [-0.3, -0.25) is 9.59 Å². The maximum atomic E-state index is 12.4. The molecule has 120 valence electrons. The molecule has 0 amide bonds. The van der Waals surface area contributed by atoms with Crippen LogP contribution >= 0.6 is 0 Å². The van der Waals surface area contributed by atoms with E-state index in [-0.39, 0.29) is 6.42 Å². The number of allylic oxidation sites excluding steroid dienone is 1. The van der Waals surface area contributed by atoms with Crippen molar-refractivity contribution in [2.45, 2.75) is 44.6 Å². The molecular weight excluding hydrogens is 280 g/mol. The van der Waals surface area contributed by atoms with Crippen LogP contribution in [0.4, 0.5) is 0 Å². The number of hydrogen-bond acceptors (Lipinski definition) is 4. The Labute approximate surface area is 132 Å². The fourth-order valence-corrected chi connectivity index (χ4v) is 2.39. The van der Waals surface area contributed by atoms with Gasteiger partial charge in [-0.25, -0.2) is 0 Å². The molecule has 0 saturated heterocycles. The summed E-state index contributed by atoms with van der Waals surface area (Å²) in [5, 5.41) is 0. The zero-order chi connectivity index (χ0) is 16.8. The minimum Gasteiger partial charge on any atom is -0.468 e. The van der Waals surface area contributed by atoms with E-state index in [0.29, 0.717) is 12.0 Å². The number of carbonyl (C=O) groups is 2. The third-order valence-electron chi connectivity index (χ3n) is 3.26. The van der Waals surface area contributed by atoms with Crippen LogP contribution in [-0.4, -0.2) is 24.6 Å². The fraction of sp³-hybridized carbons (Fsp3) is 0.444. The highest BCUT2D eigenvalue weighted by Gasteiger charge is 2.43. The summed E-state index contributed by atoms with van der Waals surface area (Å²) in [6.45, 7) is 9.09. The van der Waals surface area contributed by atoms with Crippen molar-refractivity contribution in [2.75, 3.05) is 7.11 Å². The Bertz CT molecular complexity index is 528. The lowest BCUT2D eigenvalue weighted by Crippen LogP contribution is -2.40. The standard InChI is InChI=1S/C18H24O4/c1-6-12-18(16(20)21-5,14-10-8-7-9-11-14)13-15(19)22-17(2,3)4/h6-11H,1,12-13H2,2-5H3. The molecule has 0 aliphatic heterocycles. The number of rotatable bonds is 6. The zero-order valence-corrected chi connectivity index (χ0v) is 13.7. The van der Waals surface area contributed by atoms with Gasteiger partial charge in [-0.2, -0.15) is 0 Å². The van der Waals surface area contributed by atoms with E-state index in [0.717, 1.165) is 0 Å². The third kappa shape index (κ3) is 4.45. The molecule has 0 spiro atoms. The predicted molar refractivity (Wildman–Crippen MR) is 85.4 cm³/mol. The molecule has 1 rings (SSSR count). The van der Waals surface area contributed by atoms with Crippen LogP contribution in [0.15, 0.2) is 43.0 Å². The quantitative estimate of drug-likeness (QED) is 0.597. The second-order valence-corrected chi connectivity index (χ2v) is 6.20. The predicted octanol–water partition coefficient (Wildman–Crippen LogP) is 3.41. The monoisotopic (exact) mass is 304 g/mol. The van der Waals surface area contributed by atoms with Gasteiger partial charge in [0, 0.05) is 0 Å². The summed E-state index contributed by atoms with van der Waals surface area (Å²) >= 11 is 0. The van der Waals surface area contributed by atoms with E-state index in [2.05, 4.69) is 6.58 Å². The van der Waals surface area contributed by atoms with Crippen molar-refractivity contribution in [3.63, 3.8) is 0 Å². The van der Waals surface area contributed by atoms with Gasteiger partial charge in [0.05, 0.1) is 13.5 Å². The molecule has 0 radical (unpaired) electrons. The van der Waals surface area contributed by atoms with Crippen molar-refractivity contribution in [2.24, 2.45) is 0 Å². The normalized spacial score (nSPS) is 13.8. The summed E-state index contributed by atoms with van der Waals surface area (Å²) in [6.07, 6.45) is 1.82. The van der Waals surface area contributed by atoms with Crippen molar-refractivity contribution in [1.29, 1.82) is 0 Å². The number of carbonyl (C=O) groups excluding carboxylic acids is 2. The second-order valence-electron chi connectivity index (χ2n) is 6.20. The molecule has 1 aromatic rings. The van der Waals surface area contributed by atoms with Crippen LogP contribution in [0.5, 0.6) is 0 Å². The van der Waals surface area contributed by atoms with Gasteiger partial charge < -0.3 is 9.47 Å². The van der Waals surface area contributed by atoms with Crippen LogP contribution in [0.3, 0.4) is 0 Å². The lowest BCUT2D eigenvalue weighted by atomic mass is 9.74. The second kappa shape index (κ2) is 7.25. The lowest BCUT2D eigenvalue weighted by molar-refractivity contribution is -0.162. The van der Waals surface area contributed by atoms with Gasteiger partial charge in [0.1, 0.15) is 11.0 Å². The van der Waals surface area contributed by atoms with Crippen LogP contribution in [-0.2, 0) is 24.5 Å². The Morgan fingerprint density at radius 2 is 1.77 bits per heavy atom. The Kier molecular flexibility index (Phi) is 5.92. The number of ether oxygens (including phenoxy) is 2. The Morgan fingerprint density at radius 3 is 2.23 bits per heavy atom. The number of benzene rings is 1. The minimum atomic E-state index is -1.11. The van der Waals surface area contributed by atoms with Crippen LogP contribution in [0, 0.1) is 0 Å². The number of esters is 2. The van der Waals surface area contributed by atoms with Gasteiger partial charge in [-0.05, 0) is 32.8 Å². The summed E-state index contributed by atoms with van der Waals surface area (Å²) < 4.78 is 10.3. The van der Waals surface area contributed by atoms with Gasteiger partial charge in [-0.1, -0.05) is 36.4 Å². The molecule has 0 aliphatic carbocycles. The topological polar surface area (TPSA) is 52.6 Å². The first kappa shape index (κ1) is 18.0. The number of hydrogen-bond donors (Lipinski definition) is 0. The van der Waals surface area contributed by atoms with Gasteiger partial charge in [0.2, 0.25) is 0 Å². The molecule has 4 heteroatoms. The van der Waals surface area contributed by atoms with E-state index in [1.54, 1.807) is 26.8 Å². The highest BCUT2D eigenvalue weighted by molar-refractivity contribution is 5.89. The highest BCUT2D eigenvalue weighted by atomic mass is 16.6. The van der Waals surface area contributed by atoms with Crippen molar-refractivity contribution in [1.82, 2.24) is 0 Å². The summed E-state index contributed by atoms with van der Waals surface area (Å²) in [7, 11) is 1.32. The summed E-state index contributed by atoms with van der Waals surface area (Å²) in [5.41, 5.74) is -1.00. The van der Waals surface area contributed by atoms with Crippen LogP contribution < -0.4 is 0 Å². The Hall–Kier alpha value is -2.10.